The number of fused-ring (bicyclic) bond motifs is 1. The first kappa shape index (κ1) is 10.6. The van der Waals surface area contributed by atoms with Crippen LogP contribution in [0.25, 0.3) is 5.52 Å². The van der Waals surface area contributed by atoms with Gasteiger partial charge in [0.25, 0.3) is 0 Å². The monoisotopic (exact) mass is 219 g/mol. The van der Waals surface area contributed by atoms with E-state index >= 15 is 0 Å². The van der Waals surface area contributed by atoms with Gasteiger partial charge in [0.2, 0.25) is 0 Å². The van der Waals surface area contributed by atoms with E-state index < -0.39 is 11.9 Å². The Hall–Kier alpha value is -1.91. The summed E-state index contributed by atoms with van der Waals surface area (Å²) in [7, 11) is 0. The Labute approximate surface area is 92.7 Å². The van der Waals surface area contributed by atoms with Crippen LogP contribution in [0.2, 0.25) is 0 Å². The fraction of sp³-hybridized carbons (Fsp3) is 0.364. The van der Waals surface area contributed by atoms with Crippen molar-refractivity contribution in [1.82, 2.24) is 14.6 Å². The molecule has 0 bridgehead atoms. The van der Waals surface area contributed by atoms with E-state index in [1.807, 2.05) is 13.8 Å². The Kier molecular flexibility index (Phi) is 2.60. The van der Waals surface area contributed by atoms with E-state index in [1.165, 1.54) is 0 Å². The number of carboxylic acid groups (broad SMARTS) is 1. The summed E-state index contributed by atoms with van der Waals surface area (Å²) >= 11 is 0. The van der Waals surface area contributed by atoms with E-state index in [2.05, 4.69) is 10.1 Å². The predicted molar refractivity (Wildman–Crippen MR) is 58.2 cm³/mol. The average molecular weight is 219 g/mol. The molecule has 0 aromatic carbocycles. The lowest BCUT2D eigenvalue weighted by atomic mass is 9.89. The third kappa shape index (κ3) is 1.64. The average Bonchev–Trinajstić information content (AvgIpc) is 2.61. The van der Waals surface area contributed by atoms with Crippen LogP contribution in [0.1, 0.15) is 25.3 Å². The zero-order valence-corrected chi connectivity index (χ0v) is 9.16. The van der Waals surface area contributed by atoms with Gasteiger partial charge in [-0.2, -0.15) is 5.10 Å². The molecule has 0 saturated heterocycles. The molecule has 0 radical (unpaired) electrons. The van der Waals surface area contributed by atoms with E-state index in [0.717, 1.165) is 11.1 Å². The SMILES string of the molecule is CC(C)C(C(=O)O)c1cnn2ccncc12. The fourth-order valence-electron chi connectivity index (χ4n) is 1.87. The van der Waals surface area contributed by atoms with Crippen molar-refractivity contribution in [3.8, 4) is 0 Å². The lowest BCUT2D eigenvalue weighted by Crippen LogP contribution is -2.17. The van der Waals surface area contributed by atoms with Gasteiger partial charge in [-0.25, -0.2) is 4.52 Å². The molecule has 1 N–H and O–H groups in total. The Balaban J connectivity index is 2.57. The molecule has 0 fully saturated rings. The summed E-state index contributed by atoms with van der Waals surface area (Å²) in [6.45, 7) is 3.78. The third-order valence-corrected chi connectivity index (χ3v) is 2.62. The largest absolute Gasteiger partial charge is 0.481 e. The second kappa shape index (κ2) is 3.92. The van der Waals surface area contributed by atoms with Crippen LogP contribution in [-0.4, -0.2) is 25.7 Å². The van der Waals surface area contributed by atoms with Crippen LogP contribution >= 0.6 is 0 Å². The zero-order chi connectivity index (χ0) is 11.7. The molecule has 0 aliphatic heterocycles. The van der Waals surface area contributed by atoms with Gasteiger partial charge in [-0.05, 0) is 5.92 Å². The van der Waals surface area contributed by atoms with Crippen molar-refractivity contribution in [2.24, 2.45) is 5.92 Å². The molecule has 2 aromatic heterocycles. The van der Waals surface area contributed by atoms with Crippen LogP contribution in [0.3, 0.4) is 0 Å². The van der Waals surface area contributed by atoms with Crippen LogP contribution < -0.4 is 0 Å². The van der Waals surface area contributed by atoms with Crippen molar-refractivity contribution >= 4 is 11.5 Å². The Morgan fingerprint density at radius 1 is 1.44 bits per heavy atom. The molecule has 1 unspecified atom stereocenters. The highest BCUT2D eigenvalue weighted by Crippen LogP contribution is 2.27. The number of rotatable bonds is 3. The number of carbonyl (C=O) groups is 1. The van der Waals surface area contributed by atoms with E-state index in [0.29, 0.717) is 0 Å². The Bertz CT molecular complexity index is 519. The molecule has 0 saturated carbocycles. The van der Waals surface area contributed by atoms with Crippen molar-refractivity contribution in [3.05, 3.63) is 30.4 Å². The maximum Gasteiger partial charge on any atom is 0.311 e. The van der Waals surface area contributed by atoms with Crippen molar-refractivity contribution < 1.29 is 9.90 Å². The predicted octanol–water partition coefficient (Wildman–Crippen LogP) is 1.55. The minimum absolute atomic E-state index is 0.0192. The van der Waals surface area contributed by atoms with Crippen LogP contribution in [0.5, 0.6) is 0 Å². The van der Waals surface area contributed by atoms with Crippen LogP contribution in [0.15, 0.2) is 24.8 Å². The number of nitrogens with zero attached hydrogens (tertiary/aromatic N) is 3. The van der Waals surface area contributed by atoms with Crippen LogP contribution in [0, 0.1) is 5.92 Å². The fourth-order valence-corrected chi connectivity index (χ4v) is 1.87. The van der Waals surface area contributed by atoms with Crippen molar-refractivity contribution in [1.29, 1.82) is 0 Å². The van der Waals surface area contributed by atoms with E-state index in [9.17, 15) is 9.90 Å². The lowest BCUT2D eigenvalue weighted by Gasteiger charge is -2.14. The normalized spacial score (nSPS) is 13.2. The second-order valence-corrected chi connectivity index (χ2v) is 4.07. The maximum atomic E-state index is 11.2. The number of hydrogen-bond donors (Lipinski definition) is 1. The number of aliphatic carboxylic acids is 1. The molecule has 2 heterocycles. The lowest BCUT2D eigenvalue weighted by molar-refractivity contribution is -0.139. The van der Waals surface area contributed by atoms with E-state index in [-0.39, 0.29) is 5.92 Å². The second-order valence-electron chi connectivity index (χ2n) is 4.07. The summed E-state index contributed by atoms with van der Waals surface area (Å²) in [5, 5.41) is 13.3. The molecular formula is C11H13N3O2. The van der Waals surface area contributed by atoms with Gasteiger partial charge in [-0.15, -0.1) is 0 Å². The van der Waals surface area contributed by atoms with Gasteiger partial charge in [0.05, 0.1) is 23.8 Å². The van der Waals surface area contributed by atoms with Crippen molar-refractivity contribution in [2.75, 3.05) is 0 Å². The highest BCUT2D eigenvalue weighted by atomic mass is 16.4. The van der Waals surface area contributed by atoms with Gasteiger partial charge < -0.3 is 5.11 Å². The Morgan fingerprint density at radius 3 is 2.81 bits per heavy atom. The summed E-state index contributed by atoms with van der Waals surface area (Å²) in [5.74, 6) is -1.35. The summed E-state index contributed by atoms with van der Waals surface area (Å²) in [6, 6.07) is 0. The quantitative estimate of drug-likeness (QED) is 0.850. The van der Waals surface area contributed by atoms with Gasteiger partial charge >= 0.3 is 5.97 Å². The molecule has 0 aliphatic carbocycles. The van der Waals surface area contributed by atoms with Crippen molar-refractivity contribution in [3.63, 3.8) is 0 Å². The van der Waals surface area contributed by atoms with Crippen molar-refractivity contribution in [2.45, 2.75) is 19.8 Å². The number of carboxylic acids is 1. The molecule has 1 atom stereocenters. The molecule has 0 aliphatic rings. The molecule has 2 aromatic rings. The first-order chi connectivity index (χ1) is 7.61. The highest BCUT2D eigenvalue weighted by molar-refractivity contribution is 5.79. The van der Waals surface area contributed by atoms with E-state index in [4.69, 9.17) is 0 Å². The Morgan fingerprint density at radius 2 is 2.19 bits per heavy atom. The standard InChI is InChI=1S/C11H13N3O2/c1-7(2)10(11(15)16)8-5-13-14-4-3-12-6-9(8)14/h3-7,10H,1-2H3,(H,15,16). The minimum atomic E-state index is -0.825. The minimum Gasteiger partial charge on any atom is -0.481 e. The van der Waals surface area contributed by atoms with Crippen LogP contribution in [-0.2, 0) is 4.79 Å². The van der Waals surface area contributed by atoms with Crippen LogP contribution in [0.4, 0.5) is 0 Å². The van der Waals surface area contributed by atoms with Gasteiger partial charge in [-0.1, -0.05) is 13.8 Å². The molecule has 16 heavy (non-hydrogen) atoms. The summed E-state index contributed by atoms with van der Waals surface area (Å²) < 4.78 is 1.64. The molecule has 0 amide bonds. The topological polar surface area (TPSA) is 67.5 Å². The molecule has 84 valence electrons. The summed E-state index contributed by atoms with van der Waals surface area (Å²) in [6.07, 6.45) is 6.57. The van der Waals surface area contributed by atoms with Gasteiger partial charge in [0, 0.05) is 18.0 Å². The highest BCUT2D eigenvalue weighted by Gasteiger charge is 2.26. The summed E-state index contributed by atoms with van der Waals surface area (Å²) in [5.41, 5.74) is 1.47. The van der Waals surface area contributed by atoms with Gasteiger partial charge in [0.15, 0.2) is 0 Å². The van der Waals surface area contributed by atoms with E-state index in [1.54, 1.807) is 29.3 Å². The molecular weight excluding hydrogens is 206 g/mol. The smallest absolute Gasteiger partial charge is 0.311 e. The first-order valence-corrected chi connectivity index (χ1v) is 5.11. The molecule has 0 spiro atoms. The van der Waals surface area contributed by atoms with Gasteiger partial charge in [-0.3, -0.25) is 9.78 Å². The van der Waals surface area contributed by atoms with Gasteiger partial charge in [0.1, 0.15) is 0 Å². The maximum absolute atomic E-state index is 11.2. The third-order valence-electron chi connectivity index (χ3n) is 2.62. The molecule has 5 nitrogen and oxygen atoms in total. The first-order valence-electron chi connectivity index (χ1n) is 5.11. The zero-order valence-electron chi connectivity index (χ0n) is 9.16. The molecule has 2 rings (SSSR count). The summed E-state index contributed by atoms with van der Waals surface area (Å²) in [4.78, 5) is 15.2. The number of aromatic nitrogens is 3. The molecule has 5 heteroatoms. The number of hydrogen-bond acceptors (Lipinski definition) is 3.